The summed E-state index contributed by atoms with van der Waals surface area (Å²) in [7, 11) is -3.90. The summed E-state index contributed by atoms with van der Waals surface area (Å²) >= 11 is -2.77. The summed E-state index contributed by atoms with van der Waals surface area (Å²) in [5.74, 6) is 0.0117. The number of alkyl halides is 2. The van der Waals surface area contributed by atoms with E-state index in [1.54, 1.807) is 0 Å². The summed E-state index contributed by atoms with van der Waals surface area (Å²) in [6.07, 6.45) is -0.633. The van der Waals surface area contributed by atoms with Crippen LogP contribution in [0.3, 0.4) is 0 Å². The van der Waals surface area contributed by atoms with Gasteiger partial charge in [0.05, 0.1) is 0 Å². The molecule has 4 rings (SSSR count). The van der Waals surface area contributed by atoms with Crippen molar-refractivity contribution in [3.8, 4) is 0 Å². The number of aliphatic hydroxyl groups is 1. The summed E-state index contributed by atoms with van der Waals surface area (Å²) in [6.45, 7) is 4.73. The zero-order valence-electron chi connectivity index (χ0n) is 21.5. The average Bonchev–Trinajstić information content (AvgIpc) is 3.49. The van der Waals surface area contributed by atoms with Crippen molar-refractivity contribution in [1.29, 1.82) is 0 Å². The molecule has 2 aliphatic heterocycles. The summed E-state index contributed by atoms with van der Waals surface area (Å²) < 4.78 is 47.4. The predicted octanol–water partition coefficient (Wildman–Crippen LogP) is 3.34. The van der Waals surface area contributed by atoms with Crippen LogP contribution in [0.25, 0.3) is 0 Å². The second-order valence-corrected chi connectivity index (χ2v) is 16.7. The fourth-order valence-corrected chi connectivity index (χ4v) is 10.5. The van der Waals surface area contributed by atoms with Crippen LogP contribution >= 0.6 is 20.1 Å². The molecule has 0 aromatic heterocycles. The summed E-state index contributed by atoms with van der Waals surface area (Å²) in [5.41, 5.74) is 7.15. The van der Waals surface area contributed by atoms with E-state index in [1.807, 2.05) is 44.2 Å². The molecular weight excluding hydrogens is 625 g/mol. The number of halogens is 1. The number of hydrogen-bond donors (Lipinski definition) is 3. The zero-order chi connectivity index (χ0) is 27.3. The van der Waals surface area contributed by atoms with Crippen LogP contribution in [0.4, 0.5) is 10.5 Å². The second kappa shape index (κ2) is 12.9. The molecule has 4 N–H and O–H groups in total. The Labute approximate surface area is 231 Å². The first-order valence-corrected chi connectivity index (χ1v) is 17.8. The van der Waals surface area contributed by atoms with Crippen LogP contribution < -0.4 is 9.26 Å². The van der Waals surface area contributed by atoms with Gasteiger partial charge in [-0.05, 0) is 0 Å². The van der Waals surface area contributed by atoms with E-state index in [0.29, 0.717) is 16.7 Å². The molecule has 0 spiro atoms. The number of hydrogen-bond acceptors (Lipinski definition) is 8. The first-order valence-electron chi connectivity index (χ1n) is 12.6. The third kappa shape index (κ3) is 7.36. The Balaban J connectivity index is 1.51. The number of benzene rings is 2. The van der Waals surface area contributed by atoms with Crippen LogP contribution in [0.1, 0.15) is 25.8 Å². The van der Waals surface area contributed by atoms with E-state index in [2.05, 4.69) is 3.53 Å². The van der Waals surface area contributed by atoms with Crippen LogP contribution in [-0.4, -0.2) is 66.7 Å². The third-order valence-corrected chi connectivity index (χ3v) is 13.1. The van der Waals surface area contributed by atoms with Crippen LogP contribution in [0, 0.1) is 11.8 Å². The maximum absolute atomic E-state index is 13.5. The molecule has 2 heterocycles. The number of carbonyl (C=O) groups excluding carboxylic acids is 1. The van der Waals surface area contributed by atoms with Gasteiger partial charge < -0.3 is 0 Å². The molecule has 0 unspecified atom stereocenters. The van der Waals surface area contributed by atoms with Gasteiger partial charge in [-0.15, -0.1) is 0 Å². The Kier molecular flexibility index (Phi) is 9.87. The molecule has 2 aliphatic rings. The number of nitrogens with zero attached hydrogens (tertiary/aromatic N) is 1. The molecule has 0 saturated carbocycles. The van der Waals surface area contributed by atoms with E-state index in [9.17, 15) is 18.3 Å². The van der Waals surface area contributed by atoms with Crippen LogP contribution in [-0.2, 0) is 28.7 Å². The number of rotatable bonds is 11. The van der Waals surface area contributed by atoms with E-state index < -0.39 is 46.4 Å². The number of carbonyl (C=O) groups is 1. The fourth-order valence-electron chi connectivity index (χ4n) is 4.44. The second-order valence-electron chi connectivity index (χ2n) is 9.80. The SMILES string of the molecule is CC(C)CN(C[C@@H](O)I(Cc1ccccc1)NC(=O)O[C@H]1CO[C@H]2OCC[C@H]21)S(=O)(=O)c1ccc(N)cc1. The third-order valence-electron chi connectivity index (χ3n) is 6.33. The van der Waals surface area contributed by atoms with Gasteiger partial charge in [-0.1, -0.05) is 0 Å². The maximum atomic E-state index is 13.5. The van der Waals surface area contributed by atoms with Crippen molar-refractivity contribution in [2.75, 3.05) is 32.0 Å². The topological polar surface area (TPSA) is 140 Å². The van der Waals surface area contributed by atoms with Gasteiger partial charge in [-0.25, -0.2) is 0 Å². The number of sulfonamides is 1. The Bertz CT molecular complexity index is 1170. The van der Waals surface area contributed by atoms with Crippen LogP contribution in [0.15, 0.2) is 59.5 Å². The molecule has 38 heavy (non-hydrogen) atoms. The van der Waals surface area contributed by atoms with E-state index in [4.69, 9.17) is 19.9 Å². The molecule has 2 saturated heterocycles. The van der Waals surface area contributed by atoms with E-state index in [1.165, 1.54) is 28.6 Å². The van der Waals surface area contributed by atoms with Gasteiger partial charge in [0.25, 0.3) is 0 Å². The standard InChI is InChI=1S/C26H36IN3O7S/c1-18(2)15-30(38(33,34)21-10-8-20(28)9-11-21)16-24(31)27(14-19-6-4-3-5-7-19)29-26(32)37-23-17-36-25-22(23)12-13-35-25/h3-11,18,22-25,31H,12-17,28H2,1-2H3,(H,29,32)/t22-,23-,24+,25+/m0/s1. The molecule has 0 bridgehead atoms. The molecule has 210 valence electrons. The molecular formula is C26H36IN3O7S. The van der Waals surface area contributed by atoms with Gasteiger partial charge in [0.2, 0.25) is 0 Å². The minimum atomic E-state index is -3.90. The predicted molar refractivity (Wildman–Crippen MR) is 152 cm³/mol. The number of nitrogen functional groups attached to an aromatic ring is 1. The monoisotopic (exact) mass is 661 g/mol. The van der Waals surface area contributed by atoms with Crippen LogP contribution in [0.5, 0.6) is 0 Å². The molecule has 10 nitrogen and oxygen atoms in total. The molecule has 4 atom stereocenters. The van der Waals surface area contributed by atoms with E-state index in [0.717, 1.165) is 12.0 Å². The number of ether oxygens (including phenoxy) is 3. The molecule has 0 aliphatic carbocycles. The van der Waals surface area contributed by atoms with Gasteiger partial charge in [0.15, 0.2) is 0 Å². The fraction of sp³-hybridized carbons (Fsp3) is 0.500. The number of anilines is 1. The van der Waals surface area contributed by atoms with E-state index >= 15 is 0 Å². The normalized spacial score (nSPS) is 22.3. The average molecular weight is 662 g/mol. The number of nitrogens with one attached hydrogen (secondary N) is 1. The van der Waals surface area contributed by atoms with Crippen molar-refractivity contribution < 1.29 is 32.5 Å². The Hall–Kier alpha value is -1.97. The Morgan fingerprint density at radius 2 is 1.87 bits per heavy atom. The number of fused-ring (bicyclic) bond motifs is 1. The molecule has 2 aromatic rings. The molecule has 0 radical (unpaired) electrons. The van der Waals surface area contributed by atoms with Gasteiger partial charge in [-0.2, -0.15) is 0 Å². The first kappa shape index (κ1) is 29.0. The van der Waals surface area contributed by atoms with Crippen molar-refractivity contribution in [1.82, 2.24) is 7.84 Å². The van der Waals surface area contributed by atoms with Crippen molar-refractivity contribution in [2.45, 2.75) is 46.1 Å². The number of amides is 1. The summed E-state index contributed by atoms with van der Waals surface area (Å²) in [6, 6.07) is 15.5. The van der Waals surface area contributed by atoms with E-state index in [-0.39, 0.29) is 42.7 Å². The number of aliphatic hydroxyl groups excluding tert-OH is 1. The quantitative estimate of drug-likeness (QED) is 0.144. The van der Waals surface area contributed by atoms with Crippen LogP contribution in [0.2, 0.25) is 0 Å². The van der Waals surface area contributed by atoms with Gasteiger partial charge >= 0.3 is 232 Å². The van der Waals surface area contributed by atoms with Gasteiger partial charge in [0.1, 0.15) is 0 Å². The minimum absolute atomic E-state index is 0.00590. The zero-order valence-corrected chi connectivity index (χ0v) is 24.5. The van der Waals surface area contributed by atoms with Gasteiger partial charge in [0, 0.05) is 0 Å². The molecule has 2 fully saturated rings. The van der Waals surface area contributed by atoms with Gasteiger partial charge in [-0.3, -0.25) is 0 Å². The Morgan fingerprint density at radius 3 is 2.55 bits per heavy atom. The molecule has 1 amide bonds. The summed E-state index contributed by atoms with van der Waals surface area (Å²) in [4.78, 5) is 13.1. The molecule has 12 heteroatoms. The van der Waals surface area contributed by atoms with Crippen molar-refractivity contribution in [3.05, 3.63) is 60.2 Å². The van der Waals surface area contributed by atoms with Crippen molar-refractivity contribution >= 4 is 41.9 Å². The molecule has 2 aromatic carbocycles. The van der Waals surface area contributed by atoms with Crippen molar-refractivity contribution in [3.63, 3.8) is 0 Å². The summed E-state index contributed by atoms with van der Waals surface area (Å²) in [5, 5.41) is 11.4. The Morgan fingerprint density at radius 1 is 1.16 bits per heavy atom. The first-order chi connectivity index (χ1) is 18.1. The number of nitrogens with two attached hydrogens (primary N) is 1. The van der Waals surface area contributed by atoms with Crippen molar-refractivity contribution in [2.24, 2.45) is 11.8 Å².